The summed E-state index contributed by atoms with van der Waals surface area (Å²) in [5, 5.41) is 2.65. The van der Waals surface area contributed by atoms with Gasteiger partial charge in [-0.25, -0.2) is 24.1 Å². The van der Waals surface area contributed by atoms with Crippen LogP contribution in [0.25, 0.3) is 22.6 Å². The molecular formula is C31H27F4N5O3. The van der Waals surface area contributed by atoms with Gasteiger partial charge in [0.2, 0.25) is 0 Å². The fourth-order valence-electron chi connectivity index (χ4n) is 4.65. The van der Waals surface area contributed by atoms with E-state index in [1.165, 1.54) is 18.5 Å². The van der Waals surface area contributed by atoms with Crippen LogP contribution in [-0.4, -0.2) is 44.0 Å². The van der Waals surface area contributed by atoms with Gasteiger partial charge in [0.25, 0.3) is 5.91 Å². The van der Waals surface area contributed by atoms with Gasteiger partial charge in [-0.15, -0.1) is 0 Å². The Labute approximate surface area is 244 Å². The number of hydrogen-bond donors (Lipinski definition) is 1. The second-order valence-corrected chi connectivity index (χ2v) is 10.9. The van der Waals surface area contributed by atoms with Crippen molar-refractivity contribution in [2.45, 2.75) is 45.5 Å². The largest absolute Gasteiger partial charge is 0.444 e. The van der Waals surface area contributed by atoms with Crippen molar-refractivity contribution in [1.29, 1.82) is 0 Å². The second-order valence-electron chi connectivity index (χ2n) is 10.9. The number of halogens is 4. The Hall–Kier alpha value is -4.87. The van der Waals surface area contributed by atoms with Gasteiger partial charge in [-0.1, -0.05) is 30.3 Å². The first-order valence-corrected chi connectivity index (χ1v) is 13.4. The molecule has 0 spiro atoms. The molecule has 8 nitrogen and oxygen atoms in total. The van der Waals surface area contributed by atoms with Crippen molar-refractivity contribution < 1.29 is 31.9 Å². The van der Waals surface area contributed by atoms with Crippen LogP contribution in [0, 0.1) is 5.82 Å². The molecule has 43 heavy (non-hydrogen) atoms. The number of carbonyl (C=O) groups is 2. The third-order valence-corrected chi connectivity index (χ3v) is 6.59. The Kier molecular flexibility index (Phi) is 7.87. The lowest BCUT2D eigenvalue weighted by atomic mass is 9.99. The highest BCUT2D eigenvalue weighted by atomic mass is 19.4. The zero-order valence-electron chi connectivity index (χ0n) is 23.5. The molecule has 0 atom stereocenters. The highest BCUT2D eigenvalue weighted by Gasteiger charge is 2.36. The summed E-state index contributed by atoms with van der Waals surface area (Å²) in [4.78, 5) is 40.2. The number of nitrogens with zero attached hydrogens (tertiary/aromatic N) is 4. The van der Waals surface area contributed by atoms with E-state index in [-0.39, 0.29) is 24.1 Å². The first kappa shape index (κ1) is 29.6. The van der Waals surface area contributed by atoms with Gasteiger partial charge in [-0.3, -0.25) is 4.79 Å². The zero-order chi connectivity index (χ0) is 30.9. The van der Waals surface area contributed by atoms with Crippen LogP contribution in [0.15, 0.2) is 67.0 Å². The van der Waals surface area contributed by atoms with Crippen molar-refractivity contribution in [2.24, 2.45) is 0 Å². The van der Waals surface area contributed by atoms with E-state index in [2.05, 4.69) is 15.3 Å². The van der Waals surface area contributed by atoms with Crippen molar-refractivity contribution in [3.05, 3.63) is 95.2 Å². The molecule has 0 bridgehead atoms. The summed E-state index contributed by atoms with van der Waals surface area (Å²) in [7, 11) is 0. The molecule has 2 aromatic carbocycles. The minimum atomic E-state index is -4.92. The average molecular weight is 594 g/mol. The van der Waals surface area contributed by atoms with Gasteiger partial charge in [0.1, 0.15) is 11.4 Å². The minimum absolute atomic E-state index is 0.173. The smallest absolute Gasteiger partial charge is 0.417 e. The van der Waals surface area contributed by atoms with E-state index in [0.29, 0.717) is 29.9 Å². The topological polar surface area (TPSA) is 97.3 Å². The average Bonchev–Trinajstić information content (AvgIpc) is 2.96. The Bertz CT molecular complexity index is 1670. The summed E-state index contributed by atoms with van der Waals surface area (Å²) in [5.74, 6) is -2.64. The zero-order valence-corrected chi connectivity index (χ0v) is 23.5. The summed E-state index contributed by atoms with van der Waals surface area (Å²) in [6.45, 7) is 5.85. The molecule has 1 aliphatic heterocycles. The molecule has 4 aromatic rings. The number of fused-ring (bicyclic) bond motifs is 1. The molecule has 0 saturated heterocycles. The molecule has 0 aliphatic carbocycles. The van der Waals surface area contributed by atoms with Crippen LogP contribution < -0.4 is 5.32 Å². The van der Waals surface area contributed by atoms with Crippen LogP contribution in [0.2, 0.25) is 0 Å². The van der Waals surface area contributed by atoms with Crippen LogP contribution >= 0.6 is 0 Å². The molecule has 2 aromatic heterocycles. The van der Waals surface area contributed by atoms with Gasteiger partial charge in [0.05, 0.1) is 34.7 Å². The van der Waals surface area contributed by atoms with Crippen LogP contribution in [0.3, 0.4) is 0 Å². The maximum absolute atomic E-state index is 15.1. The number of benzene rings is 2. The number of alkyl halides is 3. The van der Waals surface area contributed by atoms with E-state index >= 15 is 4.39 Å². The van der Waals surface area contributed by atoms with Gasteiger partial charge in [0, 0.05) is 30.1 Å². The third kappa shape index (κ3) is 6.63. The van der Waals surface area contributed by atoms with E-state index in [0.717, 1.165) is 11.6 Å². The lowest BCUT2D eigenvalue weighted by Gasteiger charge is -2.31. The van der Waals surface area contributed by atoms with Crippen molar-refractivity contribution in [2.75, 3.05) is 11.9 Å². The highest BCUT2D eigenvalue weighted by Crippen LogP contribution is 2.38. The van der Waals surface area contributed by atoms with Crippen LogP contribution in [0.1, 0.15) is 48.0 Å². The lowest BCUT2D eigenvalue weighted by Crippen LogP contribution is -2.40. The molecule has 12 heteroatoms. The molecule has 0 fully saturated rings. The van der Waals surface area contributed by atoms with Gasteiger partial charge < -0.3 is 15.0 Å². The summed E-state index contributed by atoms with van der Waals surface area (Å²) in [6, 6.07) is 13.1. The number of nitrogens with one attached hydrogen (secondary N) is 1. The molecule has 222 valence electrons. The Morgan fingerprint density at radius 1 is 0.977 bits per heavy atom. The van der Waals surface area contributed by atoms with Crippen LogP contribution in [-0.2, 0) is 23.9 Å². The molecule has 3 heterocycles. The molecule has 0 unspecified atom stereocenters. The summed E-state index contributed by atoms with van der Waals surface area (Å²) < 4.78 is 62.0. The van der Waals surface area contributed by atoms with E-state index < -0.39 is 46.3 Å². The second kappa shape index (κ2) is 11.4. The summed E-state index contributed by atoms with van der Waals surface area (Å²) >= 11 is 0. The third-order valence-electron chi connectivity index (χ3n) is 6.59. The van der Waals surface area contributed by atoms with Gasteiger partial charge in [0.15, 0.2) is 5.82 Å². The van der Waals surface area contributed by atoms with Crippen molar-refractivity contribution in [1.82, 2.24) is 19.9 Å². The SMILES string of the molecule is CC(C)(C)OC(=O)N1CCc2cc(NC(=O)c3cc(-c4ncccn4)c(C(F)(F)F)cc3F)c(-c3ccccc3)nc2C1. The standard InChI is InChI=1S/C31H27F4N5O3/c1-30(2,3)43-29(42)40-13-10-19-14-24(26(38-25(19)17-40)18-8-5-4-6-9-18)39-28(41)21-15-20(27-36-11-7-12-37-27)22(16-23(21)32)31(33,34)35/h4-9,11-12,14-16H,10,13,17H2,1-3H3,(H,39,41). The first-order chi connectivity index (χ1) is 20.3. The summed E-state index contributed by atoms with van der Waals surface area (Å²) in [6.07, 6.45) is -2.49. The maximum Gasteiger partial charge on any atom is 0.417 e. The monoisotopic (exact) mass is 593 g/mol. The quantitative estimate of drug-likeness (QED) is 0.258. The lowest BCUT2D eigenvalue weighted by molar-refractivity contribution is -0.137. The number of anilines is 1. The number of aromatic nitrogens is 3. The molecule has 2 amide bonds. The number of ether oxygens (including phenoxy) is 1. The van der Waals surface area contributed by atoms with Gasteiger partial charge in [-0.05, 0) is 57.0 Å². The molecule has 0 saturated carbocycles. The molecular weight excluding hydrogens is 566 g/mol. The Balaban J connectivity index is 1.53. The maximum atomic E-state index is 15.1. The molecule has 0 radical (unpaired) electrons. The number of amides is 2. The normalized spacial score (nSPS) is 13.3. The summed E-state index contributed by atoms with van der Waals surface area (Å²) in [5.41, 5.74) is -0.579. The minimum Gasteiger partial charge on any atom is -0.444 e. The van der Waals surface area contributed by atoms with Crippen molar-refractivity contribution in [3.8, 4) is 22.6 Å². The Morgan fingerprint density at radius 3 is 2.33 bits per heavy atom. The predicted molar refractivity (Wildman–Crippen MR) is 150 cm³/mol. The Morgan fingerprint density at radius 2 is 1.67 bits per heavy atom. The molecule has 1 N–H and O–H groups in total. The first-order valence-electron chi connectivity index (χ1n) is 13.4. The predicted octanol–water partition coefficient (Wildman–Crippen LogP) is 6.91. The fraction of sp³-hybridized carbons (Fsp3) is 0.258. The van der Waals surface area contributed by atoms with E-state index in [1.807, 2.05) is 0 Å². The number of rotatable bonds is 4. The molecule has 1 aliphatic rings. The molecule has 5 rings (SSSR count). The van der Waals surface area contributed by atoms with Crippen LogP contribution in [0.5, 0.6) is 0 Å². The number of carbonyl (C=O) groups excluding carboxylic acids is 2. The van der Waals surface area contributed by atoms with Crippen molar-refractivity contribution in [3.63, 3.8) is 0 Å². The van der Waals surface area contributed by atoms with E-state index in [9.17, 15) is 22.8 Å². The number of hydrogen-bond acceptors (Lipinski definition) is 6. The van der Waals surface area contributed by atoms with Gasteiger partial charge in [-0.2, -0.15) is 13.2 Å². The van der Waals surface area contributed by atoms with E-state index in [4.69, 9.17) is 9.72 Å². The number of pyridine rings is 1. The fourth-order valence-corrected chi connectivity index (χ4v) is 4.65. The van der Waals surface area contributed by atoms with Crippen LogP contribution in [0.4, 0.5) is 28.0 Å². The van der Waals surface area contributed by atoms with Crippen molar-refractivity contribution >= 4 is 17.7 Å². The van der Waals surface area contributed by atoms with Gasteiger partial charge >= 0.3 is 12.3 Å². The highest BCUT2D eigenvalue weighted by molar-refractivity contribution is 6.07. The van der Waals surface area contributed by atoms with E-state index in [1.54, 1.807) is 62.1 Å².